The molecule has 1 amide bonds. The molecular formula is C22H23N3O2. The van der Waals surface area contributed by atoms with E-state index < -0.39 is 0 Å². The van der Waals surface area contributed by atoms with Gasteiger partial charge in [-0.05, 0) is 42.9 Å². The third kappa shape index (κ3) is 3.02. The minimum absolute atomic E-state index is 0.0502. The molecule has 2 atom stereocenters. The first-order chi connectivity index (χ1) is 13.2. The Labute approximate surface area is 158 Å². The Hall–Kier alpha value is -2.66. The lowest BCUT2D eigenvalue weighted by atomic mass is 10.0. The smallest absolute Gasteiger partial charge is 0.257 e. The van der Waals surface area contributed by atoms with Crippen molar-refractivity contribution in [3.8, 4) is 0 Å². The predicted octanol–water partition coefficient (Wildman–Crippen LogP) is 3.64. The molecule has 0 spiro atoms. The number of aromatic nitrogens is 2. The van der Waals surface area contributed by atoms with Crippen LogP contribution < -0.4 is 0 Å². The summed E-state index contributed by atoms with van der Waals surface area (Å²) in [6.45, 7) is 3.26. The van der Waals surface area contributed by atoms with Crippen LogP contribution in [0.5, 0.6) is 0 Å². The fraction of sp³-hybridized carbons (Fsp3) is 0.364. The highest BCUT2D eigenvalue weighted by molar-refractivity contribution is 6.01. The first kappa shape index (κ1) is 16.5. The summed E-state index contributed by atoms with van der Waals surface area (Å²) in [7, 11) is 0. The van der Waals surface area contributed by atoms with Crippen molar-refractivity contribution in [2.24, 2.45) is 5.92 Å². The van der Waals surface area contributed by atoms with Gasteiger partial charge in [-0.1, -0.05) is 36.4 Å². The summed E-state index contributed by atoms with van der Waals surface area (Å²) >= 11 is 0. The molecule has 2 fully saturated rings. The molecule has 0 N–H and O–H groups in total. The fourth-order valence-corrected chi connectivity index (χ4v) is 4.08. The SMILES string of the molecule is Cc1cccn2ncc(C(=O)N3C[C@@H](c4ccccc4)O[C@@H](C4CC4)C3)c12. The number of fused-ring (bicyclic) bond motifs is 1. The number of aryl methyl sites for hydroxylation is 1. The summed E-state index contributed by atoms with van der Waals surface area (Å²) in [6, 6.07) is 14.2. The van der Waals surface area contributed by atoms with Gasteiger partial charge >= 0.3 is 0 Å². The van der Waals surface area contributed by atoms with Gasteiger partial charge in [0.05, 0.1) is 29.9 Å². The summed E-state index contributed by atoms with van der Waals surface area (Å²) in [5, 5.41) is 4.38. The first-order valence-electron chi connectivity index (χ1n) is 9.63. The molecule has 3 heterocycles. The monoisotopic (exact) mass is 361 g/mol. The molecule has 1 aliphatic carbocycles. The van der Waals surface area contributed by atoms with Crippen LogP contribution in [0.2, 0.25) is 0 Å². The number of carbonyl (C=O) groups excluding carboxylic acids is 1. The molecule has 5 nitrogen and oxygen atoms in total. The second-order valence-corrected chi connectivity index (χ2v) is 7.66. The van der Waals surface area contributed by atoms with Crippen LogP contribution in [-0.4, -0.2) is 39.6 Å². The van der Waals surface area contributed by atoms with Crippen LogP contribution in [0.4, 0.5) is 0 Å². The number of hydrogen-bond acceptors (Lipinski definition) is 3. The lowest BCUT2D eigenvalue weighted by Gasteiger charge is -2.38. The Morgan fingerprint density at radius 1 is 1.11 bits per heavy atom. The quantitative estimate of drug-likeness (QED) is 0.716. The minimum atomic E-state index is -0.0718. The Kier molecular flexibility index (Phi) is 3.97. The Bertz CT molecular complexity index is 978. The molecule has 1 aliphatic heterocycles. The van der Waals surface area contributed by atoms with Gasteiger partial charge in [-0.15, -0.1) is 0 Å². The zero-order valence-corrected chi connectivity index (χ0v) is 15.4. The van der Waals surface area contributed by atoms with E-state index >= 15 is 0 Å². The standard InChI is InChI=1S/C22H23N3O2/c1-15-6-5-11-25-21(15)18(12-23-25)22(26)24-13-19(16-7-3-2-4-8-16)27-20(14-24)17-9-10-17/h2-8,11-12,17,19-20H,9-10,13-14H2,1H3/t19-,20+/m0/s1. The van der Waals surface area contributed by atoms with E-state index in [1.165, 1.54) is 12.8 Å². The zero-order valence-electron chi connectivity index (χ0n) is 15.4. The number of ether oxygens (including phenoxy) is 1. The number of amides is 1. The molecule has 1 saturated carbocycles. The van der Waals surface area contributed by atoms with Gasteiger partial charge in [-0.3, -0.25) is 4.79 Å². The normalized spacial score (nSPS) is 22.9. The molecule has 2 aromatic heterocycles. The second-order valence-electron chi connectivity index (χ2n) is 7.66. The van der Waals surface area contributed by atoms with Gasteiger partial charge in [0.2, 0.25) is 0 Å². The highest BCUT2D eigenvalue weighted by Crippen LogP contribution is 2.39. The molecular weight excluding hydrogens is 338 g/mol. The third-order valence-corrected chi connectivity index (χ3v) is 5.70. The Balaban J connectivity index is 1.47. The van der Waals surface area contributed by atoms with Gasteiger partial charge in [-0.2, -0.15) is 5.10 Å². The molecule has 3 aromatic rings. The number of benzene rings is 1. The maximum absolute atomic E-state index is 13.4. The number of hydrogen-bond donors (Lipinski definition) is 0. The van der Waals surface area contributed by atoms with E-state index in [-0.39, 0.29) is 18.1 Å². The number of pyridine rings is 1. The lowest BCUT2D eigenvalue weighted by Crippen LogP contribution is -2.47. The maximum Gasteiger partial charge on any atom is 0.257 e. The van der Waals surface area contributed by atoms with Gasteiger partial charge in [0.25, 0.3) is 5.91 Å². The van der Waals surface area contributed by atoms with Crippen molar-refractivity contribution >= 4 is 11.4 Å². The van der Waals surface area contributed by atoms with Gasteiger partial charge in [0.15, 0.2) is 0 Å². The largest absolute Gasteiger partial charge is 0.366 e. The zero-order chi connectivity index (χ0) is 18.4. The van der Waals surface area contributed by atoms with Gasteiger partial charge in [0, 0.05) is 12.7 Å². The predicted molar refractivity (Wildman–Crippen MR) is 103 cm³/mol. The molecule has 27 heavy (non-hydrogen) atoms. The second kappa shape index (κ2) is 6.50. The van der Waals surface area contributed by atoms with Crippen molar-refractivity contribution in [1.29, 1.82) is 0 Å². The van der Waals surface area contributed by atoms with Crippen LogP contribution >= 0.6 is 0 Å². The molecule has 1 aromatic carbocycles. The van der Waals surface area contributed by atoms with Crippen LogP contribution in [0.1, 0.15) is 40.4 Å². The van der Waals surface area contributed by atoms with E-state index in [0.717, 1.165) is 16.6 Å². The van der Waals surface area contributed by atoms with E-state index in [2.05, 4.69) is 17.2 Å². The molecule has 5 rings (SSSR count). The van der Waals surface area contributed by atoms with Crippen LogP contribution in [0, 0.1) is 12.8 Å². The summed E-state index contributed by atoms with van der Waals surface area (Å²) in [5.74, 6) is 0.631. The Morgan fingerprint density at radius 3 is 2.70 bits per heavy atom. The van der Waals surface area contributed by atoms with Crippen molar-refractivity contribution < 1.29 is 9.53 Å². The third-order valence-electron chi connectivity index (χ3n) is 5.70. The Morgan fingerprint density at radius 2 is 1.93 bits per heavy atom. The molecule has 138 valence electrons. The minimum Gasteiger partial charge on any atom is -0.366 e. The van der Waals surface area contributed by atoms with E-state index in [1.54, 1.807) is 10.7 Å². The van der Waals surface area contributed by atoms with Crippen LogP contribution in [0.25, 0.3) is 5.52 Å². The highest BCUT2D eigenvalue weighted by Gasteiger charge is 2.40. The van der Waals surface area contributed by atoms with E-state index in [4.69, 9.17) is 4.74 Å². The van der Waals surface area contributed by atoms with Gasteiger partial charge in [-0.25, -0.2) is 4.52 Å². The maximum atomic E-state index is 13.4. The van der Waals surface area contributed by atoms with Crippen molar-refractivity contribution in [1.82, 2.24) is 14.5 Å². The summed E-state index contributed by atoms with van der Waals surface area (Å²) in [6.07, 6.45) is 6.03. The van der Waals surface area contributed by atoms with E-state index in [1.807, 2.05) is 48.4 Å². The van der Waals surface area contributed by atoms with Crippen molar-refractivity contribution in [2.75, 3.05) is 13.1 Å². The summed E-state index contributed by atoms with van der Waals surface area (Å²) in [4.78, 5) is 15.4. The highest BCUT2D eigenvalue weighted by atomic mass is 16.5. The average molecular weight is 361 g/mol. The number of morpholine rings is 1. The summed E-state index contributed by atoms with van der Waals surface area (Å²) < 4.78 is 8.18. The fourth-order valence-electron chi connectivity index (χ4n) is 4.08. The van der Waals surface area contributed by atoms with Crippen LogP contribution in [-0.2, 0) is 4.74 Å². The van der Waals surface area contributed by atoms with Gasteiger partial charge in [0.1, 0.15) is 6.10 Å². The molecule has 1 saturated heterocycles. The van der Waals surface area contributed by atoms with E-state index in [9.17, 15) is 4.79 Å². The molecule has 0 unspecified atom stereocenters. The molecule has 0 bridgehead atoms. The number of carbonyl (C=O) groups is 1. The average Bonchev–Trinajstić information content (AvgIpc) is 3.47. The molecule has 5 heteroatoms. The number of rotatable bonds is 3. The van der Waals surface area contributed by atoms with Gasteiger partial charge < -0.3 is 9.64 Å². The molecule has 0 radical (unpaired) electrons. The van der Waals surface area contributed by atoms with Crippen LogP contribution in [0.15, 0.2) is 54.9 Å². The first-order valence-corrected chi connectivity index (χ1v) is 9.63. The van der Waals surface area contributed by atoms with Crippen molar-refractivity contribution in [2.45, 2.75) is 32.0 Å². The topological polar surface area (TPSA) is 46.8 Å². The number of nitrogens with zero attached hydrogens (tertiary/aromatic N) is 3. The summed E-state index contributed by atoms with van der Waals surface area (Å²) in [5.41, 5.74) is 3.77. The van der Waals surface area contributed by atoms with Crippen LogP contribution in [0.3, 0.4) is 0 Å². The molecule has 2 aliphatic rings. The van der Waals surface area contributed by atoms with Crippen molar-refractivity contribution in [3.63, 3.8) is 0 Å². The van der Waals surface area contributed by atoms with Crippen molar-refractivity contribution in [3.05, 3.63) is 71.5 Å². The lowest BCUT2D eigenvalue weighted by molar-refractivity contribution is -0.0863. The van der Waals surface area contributed by atoms with E-state index in [0.29, 0.717) is 24.6 Å².